The maximum Gasteiger partial charge on any atom is 0.221 e. The van der Waals surface area contributed by atoms with E-state index in [1.54, 1.807) is 0 Å². The monoisotopic (exact) mass is 234 g/mol. The maximum absolute atomic E-state index is 11.3. The van der Waals surface area contributed by atoms with E-state index in [1.165, 1.54) is 5.56 Å². The molecule has 0 saturated heterocycles. The average Bonchev–Trinajstić information content (AvgIpc) is 2.30. The molecule has 0 bridgehead atoms. The van der Waals surface area contributed by atoms with E-state index >= 15 is 0 Å². The van der Waals surface area contributed by atoms with Gasteiger partial charge in [0.05, 0.1) is 0 Å². The summed E-state index contributed by atoms with van der Waals surface area (Å²) in [5, 5.41) is 6.11. The molecule has 3 nitrogen and oxygen atoms in total. The number of anilines is 1. The lowest BCUT2D eigenvalue weighted by atomic mass is 10.0. The number of rotatable bonds is 6. The predicted octanol–water partition coefficient (Wildman–Crippen LogP) is 2.75. The number of benzene rings is 1. The standard InChI is InChI=1S/C14H22N2O/c1-4-15-14(17)9-10-16-13-8-6-5-7-12(13)11(2)3/h5-8,11,16H,4,9-10H2,1-3H3,(H,15,17). The Balaban J connectivity index is 2.49. The normalized spacial score (nSPS) is 10.4. The third-order valence-electron chi connectivity index (χ3n) is 2.62. The summed E-state index contributed by atoms with van der Waals surface area (Å²) in [6.07, 6.45) is 0.514. The third kappa shape index (κ3) is 4.47. The van der Waals surface area contributed by atoms with Gasteiger partial charge in [-0.25, -0.2) is 0 Å². The van der Waals surface area contributed by atoms with E-state index in [4.69, 9.17) is 0 Å². The van der Waals surface area contributed by atoms with E-state index in [9.17, 15) is 4.79 Å². The summed E-state index contributed by atoms with van der Waals surface area (Å²) in [6, 6.07) is 8.25. The topological polar surface area (TPSA) is 41.1 Å². The van der Waals surface area contributed by atoms with Gasteiger partial charge in [-0.2, -0.15) is 0 Å². The highest BCUT2D eigenvalue weighted by Crippen LogP contribution is 2.23. The minimum absolute atomic E-state index is 0.0991. The Morgan fingerprint density at radius 3 is 2.65 bits per heavy atom. The fraction of sp³-hybridized carbons (Fsp3) is 0.500. The van der Waals surface area contributed by atoms with Gasteiger partial charge in [-0.05, 0) is 24.5 Å². The van der Waals surface area contributed by atoms with E-state index in [-0.39, 0.29) is 5.91 Å². The number of para-hydroxylation sites is 1. The molecule has 1 aromatic carbocycles. The maximum atomic E-state index is 11.3. The molecule has 94 valence electrons. The van der Waals surface area contributed by atoms with E-state index in [0.717, 1.165) is 5.69 Å². The van der Waals surface area contributed by atoms with Gasteiger partial charge in [0.1, 0.15) is 0 Å². The smallest absolute Gasteiger partial charge is 0.221 e. The lowest BCUT2D eigenvalue weighted by Gasteiger charge is -2.14. The molecule has 0 heterocycles. The first-order chi connectivity index (χ1) is 8.15. The van der Waals surface area contributed by atoms with Crippen LogP contribution in [0.15, 0.2) is 24.3 Å². The van der Waals surface area contributed by atoms with Gasteiger partial charge in [-0.3, -0.25) is 4.79 Å². The van der Waals surface area contributed by atoms with Gasteiger partial charge in [0, 0.05) is 25.2 Å². The number of carbonyl (C=O) groups is 1. The SMILES string of the molecule is CCNC(=O)CCNc1ccccc1C(C)C. The molecule has 0 saturated carbocycles. The van der Waals surface area contributed by atoms with Gasteiger partial charge in [0.25, 0.3) is 0 Å². The summed E-state index contributed by atoms with van der Waals surface area (Å²) < 4.78 is 0. The molecule has 0 aromatic heterocycles. The van der Waals surface area contributed by atoms with Crippen LogP contribution >= 0.6 is 0 Å². The third-order valence-corrected chi connectivity index (χ3v) is 2.62. The van der Waals surface area contributed by atoms with Crippen molar-refractivity contribution >= 4 is 11.6 Å². The molecule has 0 atom stereocenters. The number of nitrogens with one attached hydrogen (secondary N) is 2. The van der Waals surface area contributed by atoms with Gasteiger partial charge in [-0.15, -0.1) is 0 Å². The summed E-state index contributed by atoms with van der Waals surface area (Å²) >= 11 is 0. The highest BCUT2D eigenvalue weighted by molar-refractivity contribution is 5.76. The van der Waals surface area contributed by atoms with E-state index < -0.39 is 0 Å². The van der Waals surface area contributed by atoms with Crippen LogP contribution in [0.4, 0.5) is 5.69 Å². The first-order valence-electron chi connectivity index (χ1n) is 6.24. The molecule has 0 fully saturated rings. The van der Waals surface area contributed by atoms with Gasteiger partial charge >= 0.3 is 0 Å². The van der Waals surface area contributed by atoms with Crippen molar-refractivity contribution in [2.75, 3.05) is 18.4 Å². The molecule has 0 unspecified atom stereocenters. The molecule has 17 heavy (non-hydrogen) atoms. The van der Waals surface area contributed by atoms with E-state index in [0.29, 0.717) is 25.4 Å². The van der Waals surface area contributed by atoms with Crippen LogP contribution in [0, 0.1) is 0 Å². The van der Waals surface area contributed by atoms with Gasteiger partial charge in [-0.1, -0.05) is 32.0 Å². The van der Waals surface area contributed by atoms with Crippen molar-refractivity contribution < 1.29 is 4.79 Å². The molecule has 2 N–H and O–H groups in total. The molecular formula is C14H22N2O. The Labute approximate surface area is 104 Å². The van der Waals surface area contributed by atoms with Crippen LogP contribution in [0.5, 0.6) is 0 Å². The second-order valence-electron chi connectivity index (χ2n) is 4.37. The lowest BCUT2D eigenvalue weighted by molar-refractivity contribution is -0.120. The second kappa shape index (κ2) is 6.94. The van der Waals surface area contributed by atoms with Crippen LogP contribution in [0.1, 0.15) is 38.7 Å². The summed E-state index contributed by atoms with van der Waals surface area (Å²) in [5.41, 5.74) is 2.43. The molecule has 3 heteroatoms. The second-order valence-corrected chi connectivity index (χ2v) is 4.37. The zero-order valence-electron chi connectivity index (χ0n) is 10.9. The molecule has 0 aliphatic carbocycles. The van der Waals surface area contributed by atoms with Crippen molar-refractivity contribution in [1.82, 2.24) is 5.32 Å². The highest BCUT2D eigenvalue weighted by atomic mass is 16.1. The largest absolute Gasteiger partial charge is 0.384 e. The minimum Gasteiger partial charge on any atom is -0.384 e. The Bertz CT molecular complexity index is 361. The average molecular weight is 234 g/mol. The van der Waals surface area contributed by atoms with Crippen molar-refractivity contribution in [2.24, 2.45) is 0 Å². The molecule has 1 rings (SSSR count). The van der Waals surface area contributed by atoms with Crippen molar-refractivity contribution in [1.29, 1.82) is 0 Å². The number of amides is 1. The van der Waals surface area contributed by atoms with Crippen LogP contribution in [0.3, 0.4) is 0 Å². The summed E-state index contributed by atoms with van der Waals surface area (Å²) in [5.74, 6) is 0.588. The van der Waals surface area contributed by atoms with Crippen molar-refractivity contribution in [3.8, 4) is 0 Å². The summed E-state index contributed by atoms with van der Waals surface area (Å²) in [7, 11) is 0. The molecule has 0 aliphatic rings. The minimum atomic E-state index is 0.0991. The zero-order valence-corrected chi connectivity index (χ0v) is 10.9. The van der Waals surface area contributed by atoms with E-state index in [1.807, 2.05) is 19.1 Å². The fourth-order valence-corrected chi connectivity index (χ4v) is 1.76. The number of hydrogen-bond acceptors (Lipinski definition) is 2. The summed E-state index contributed by atoms with van der Waals surface area (Å²) in [4.78, 5) is 11.3. The van der Waals surface area contributed by atoms with Crippen molar-refractivity contribution in [2.45, 2.75) is 33.1 Å². The molecule has 1 aromatic rings. The Hall–Kier alpha value is -1.51. The Morgan fingerprint density at radius 1 is 1.29 bits per heavy atom. The van der Waals surface area contributed by atoms with Crippen LogP contribution in [0.25, 0.3) is 0 Å². The summed E-state index contributed by atoms with van der Waals surface area (Å²) in [6.45, 7) is 7.64. The number of carbonyl (C=O) groups excluding carboxylic acids is 1. The first-order valence-corrected chi connectivity index (χ1v) is 6.24. The molecular weight excluding hydrogens is 212 g/mol. The van der Waals surface area contributed by atoms with Gasteiger partial charge < -0.3 is 10.6 Å². The van der Waals surface area contributed by atoms with Crippen LogP contribution < -0.4 is 10.6 Å². The quantitative estimate of drug-likeness (QED) is 0.794. The van der Waals surface area contributed by atoms with Gasteiger partial charge in [0.15, 0.2) is 0 Å². The van der Waals surface area contributed by atoms with Crippen molar-refractivity contribution in [3.63, 3.8) is 0 Å². The zero-order chi connectivity index (χ0) is 12.7. The Morgan fingerprint density at radius 2 is 2.00 bits per heavy atom. The van der Waals surface area contributed by atoms with Crippen LogP contribution in [0.2, 0.25) is 0 Å². The van der Waals surface area contributed by atoms with Crippen molar-refractivity contribution in [3.05, 3.63) is 29.8 Å². The van der Waals surface area contributed by atoms with Gasteiger partial charge in [0.2, 0.25) is 5.91 Å². The molecule has 0 radical (unpaired) electrons. The molecule has 0 aliphatic heterocycles. The molecule has 1 amide bonds. The lowest BCUT2D eigenvalue weighted by Crippen LogP contribution is -2.24. The first kappa shape index (κ1) is 13.6. The van der Waals surface area contributed by atoms with Crippen LogP contribution in [-0.2, 0) is 4.79 Å². The number of hydrogen-bond donors (Lipinski definition) is 2. The highest BCUT2D eigenvalue weighted by Gasteiger charge is 2.05. The fourth-order valence-electron chi connectivity index (χ4n) is 1.76. The predicted molar refractivity (Wildman–Crippen MR) is 72.3 cm³/mol. The van der Waals surface area contributed by atoms with Crippen LogP contribution in [-0.4, -0.2) is 19.0 Å². The molecule has 0 spiro atoms. The Kier molecular flexibility index (Phi) is 5.53. The van der Waals surface area contributed by atoms with E-state index in [2.05, 4.69) is 36.6 Å².